The maximum Gasteiger partial charge on any atom is 0.0834 e. The third-order valence-electron chi connectivity index (χ3n) is 4.64. The molecule has 2 rings (SSSR count). The van der Waals surface area contributed by atoms with Crippen molar-refractivity contribution in [2.75, 3.05) is 13.7 Å². The first kappa shape index (κ1) is 15.5. The van der Waals surface area contributed by atoms with Crippen LogP contribution >= 0.6 is 0 Å². The second kappa shape index (κ2) is 6.72. The highest BCUT2D eigenvalue weighted by molar-refractivity contribution is 5.13. The van der Waals surface area contributed by atoms with Gasteiger partial charge in [-0.05, 0) is 38.8 Å². The minimum absolute atomic E-state index is 0.00729. The van der Waals surface area contributed by atoms with Crippen LogP contribution in [0.25, 0.3) is 0 Å². The smallest absolute Gasteiger partial charge is 0.0834 e. The molecule has 1 saturated carbocycles. The zero-order valence-electron chi connectivity index (χ0n) is 13.4. The summed E-state index contributed by atoms with van der Waals surface area (Å²) < 4.78 is 7.99. The molecule has 0 bridgehead atoms. The molecule has 0 aliphatic heterocycles. The van der Waals surface area contributed by atoms with Crippen LogP contribution in [0.1, 0.15) is 50.4 Å². The lowest BCUT2D eigenvalue weighted by Gasteiger charge is -2.37. The molecule has 1 aromatic heterocycles. The van der Waals surface area contributed by atoms with Crippen LogP contribution in [0.15, 0.2) is 6.07 Å². The number of rotatable bonds is 7. The largest absolute Gasteiger partial charge is 0.377 e. The molecular formula is C16H29N3O. The third kappa shape index (κ3) is 3.23. The number of nitrogens with zero attached hydrogens (tertiary/aromatic N) is 2. The Morgan fingerprint density at radius 3 is 2.65 bits per heavy atom. The van der Waals surface area contributed by atoms with Gasteiger partial charge in [-0.2, -0.15) is 5.10 Å². The fourth-order valence-electron chi connectivity index (χ4n) is 3.50. The summed E-state index contributed by atoms with van der Waals surface area (Å²) in [6, 6.07) is 2.57. The fraction of sp³-hybridized carbons (Fsp3) is 0.812. The summed E-state index contributed by atoms with van der Waals surface area (Å²) in [5.41, 5.74) is 2.39. The van der Waals surface area contributed by atoms with Crippen LogP contribution in [0.5, 0.6) is 0 Å². The van der Waals surface area contributed by atoms with Crippen molar-refractivity contribution >= 4 is 0 Å². The molecule has 1 aliphatic carbocycles. The number of hydrogen-bond donors (Lipinski definition) is 1. The molecule has 20 heavy (non-hydrogen) atoms. The van der Waals surface area contributed by atoms with Gasteiger partial charge in [0.1, 0.15) is 0 Å². The van der Waals surface area contributed by atoms with E-state index in [0.717, 1.165) is 25.1 Å². The lowest BCUT2D eigenvalue weighted by molar-refractivity contribution is -0.0358. The van der Waals surface area contributed by atoms with E-state index in [1.54, 1.807) is 0 Å². The van der Waals surface area contributed by atoms with Gasteiger partial charge >= 0.3 is 0 Å². The Bertz CT molecular complexity index is 421. The van der Waals surface area contributed by atoms with Gasteiger partial charge in [-0.1, -0.05) is 19.8 Å². The predicted molar refractivity (Wildman–Crippen MR) is 81.9 cm³/mol. The molecule has 1 aliphatic rings. The average molecular weight is 279 g/mol. The molecule has 0 radical (unpaired) electrons. The van der Waals surface area contributed by atoms with Crippen molar-refractivity contribution in [1.82, 2.24) is 15.1 Å². The van der Waals surface area contributed by atoms with Gasteiger partial charge in [0.25, 0.3) is 0 Å². The van der Waals surface area contributed by atoms with Crippen LogP contribution in [0.4, 0.5) is 0 Å². The Morgan fingerprint density at radius 2 is 2.15 bits per heavy atom. The summed E-state index contributed by atoms with van der Waals surface area (Å²) in [6.45, 7) is 5.32. The quantitative estimate of drug-likeness (QED) is 0.834. The van der Waals surface area contributed by atoms with E-state index in [2.05, 4.69) is 30.3 Å². The van der Waals surface area contributed by atoms with E-state index in [1.165, 1.54) is 31.4 Å². The Morgan fingerprint density at radius 1 is 1.45 bits per heavy atom. The van der Waals surface area contributed by atoms with Gasteiger partial charge in [-0.25, -0.2) is 0 Å². The lowest BCUT2D eigenvalue weighted by atomic mass is 9.88. The van der Waals surface area contributed by atoms with Crippen molar-refractivity contribution in [3.05, 3.63) is 17.5 Å². The van der Waals surface area contributed by atoms with E-state index in [9.17, 15) is 0 Å². The number of methoxy groups -OCH3 is 1. The van der Waals surface area contributed by atoms with Crippen LogP contribution in [-0.4, -0.2) is 35.1 Å². The summed E-state index contributed by atoms with van der Waals surface area (Å²) in [4.78, 5) is 0. The number of ether oxygens (including phenoxy) is 1. The van der Waals surface area contributed by atoms with Crippen molar-refractivity contribution in [3.8, 4) is 0 Å². The molecule has 0 saturated heterocycles. The highest BCUT2D eigenvalue weighted by Crippen LogP contribution is 2.36. The molecule has 1 aromatic rings. The highest BCUT2D eigenvalue weighted by Gasteiger charge is 2.41. The number of aryl methyl sites for hydroxylation is 2. The molecular weight excluding hydrogens is 250 g/mol. The molecule has 1 heterocycles. The van der Waals surface area contributed by atoms with E-state index in [1.807, 2.05) is 18.8 Å². The normalized spacial score (nSPS) is 19.4. The Balaban J connectivity index is 2.16. The van der Waals surface area contributed by atoms with Crippen molar-refractivity contribution in [1.29, 1.82) is 0 Å². The third-order valence-corrected chi connectivity index (χ3v) is 4.64. The summed E-state index contributed by atoms with van der Waals surface area (Å²) in [5.74, 6) is 0. The first-order valence-corrected chi connectivity index (χ1v) is 7.89. The van der Waals surface area contributed by atoms with Gasteiger partial charge in [0.15, 0.2) is 0 Å². The van der Waals surface area contributed by atoms with E-state index >= 15 is 0 Å². The summed E-state index contributed by atoms with van der Waals surface area (Å²) in [5, 5.41) is 8.19. The number of hydrogen-bond acceptors (Lipinski definition) is 3. The zero-order chi connectivity index (χ0) is 14.6. The number of aromatic nitrogens is 2. The fourth-order valence-corrected chi connectivity index (χ4v) is 3.50. The van der Waals surface area contributed by atoms with Gasteiger partial charge in [0.05, 0.1) is 11.3 Å². The first-order valence-electron chi connectivity index (χ1n) is 7.89. The van der Waals surface area contributed by atoms with Gasteiger partial charge in [0.2, 0.25) is 0 Å². The van der Waals surface area contributed by atoms with Crippen molar-refractivity contribution in [2.45, 2.75) is 64.0 Å². The van der Waals surface area contributed by atoms with Gasteiger partial charge < -0.3 is 10.1 Å². The average Bonchev–Trinajstić information content (AvgIpc) is 3.02. The van der Waals surface area contributed by atoms with Gasteiger partial charge in [-0.15, -0.1) is 0 Å². The Kier molecular flexibility index (Phi) is 5.22. The molecule has 0 spiro atoms. The van der Waals surface area contributed by atoms with Crippen LogP contribution < -0.4 is 5.32 Å². The van der Waals surface area contributed by atoms with Gasteiger partial charge in [0, 0.05) is 32.3 Å². The predicted octanol–water partition coefficient (Wildman–Crippen LogP) is 2.60. The summed E-state index contributed by atoms with van der Waals surface area (Å²) >= 11 is 0. The van der Waals surface area contributed by atoms with Crippen molar-refractivity contribution in [2.24, 2.45) is 7.05 Å². The highest BCUT2D eigenvalue weighted by atomic mass is 16.5. The van der Waals surface area contributed by atoms with E-state index in [-0.39, 0.29) is 5.60 Å². The zero-order valence-corrected chi connectivity index (χ0v) is 13.4. The SMILES string of the molecule is CCCNC(Cc1cc(C)nn1C)C1(OC)CCCC1. The maximum absolute atomic E-state index is 5.98. The monoisotopic (exact) mass is 279 g/mol. The van der Waals surface area contributed by atoms with Crippen LogP contribution in [0.3, 0.4) is 0 Å². The maximum atomic E-state index is 5.98. The van der Waals surface area contributed by atoms with Crippen molar-refractivity contribution in [3.63, 3.8) is 0 Å². The molecule has 1 N–H and O–H groups in total. The molecule has 0 aromatic carbocycles. The van der Waals surface area contributed by atoms with Crippen LogP contribution in [0.2, 0.25) is 0 Å². The summed E-state index contributed by atoms with van der Waals surface area (Å²) in [6.07, 6.45) is 7.04. The minimum Gasteiger partial charge on any atom is -0.377 e. The van der Waals surface area contributed by atoms with E-state index < -0.39 is 0 Å². The van der Waals surface area contributed by atoms with E-state index in [0.29, 0.717) is 6.04 Å². The molecule has 0 amide bonds. The molecule has 4 heteroatoms. The standard InChI is InChI=1S/C16H29N3O/c1-5-10-17-15(16(20-4)8-6-7-9-16)12-14-11-13(2)18-19(14)3/h11,15,17H,5-10,12H2,1-4H3. The molecule has 1 unspecified atom stereocenters. The second-order valence-corrected chi connectivity index (χ2v) is 6.09. The number of nitrogens with one attached hydrogen (secondary N) is 1. The van der Waals surface area contributed by atoms with E-state index in [4.69, 9.17) is 4.74 Å². The molecule has 4 nitrogen and oxygen atoms in total. The second-order valence-electron chi connectivity index (χ2n) is 6.09. The van der Waals surface area contributed by atoms with Crippen molar-refractivity contribution < 1.29 is 4.74 Å². The minimum atomic E-state index is 0.00729. The van der Waals surface area contributed by atoms with Crippen LogP contribution in [-0.2, 0) is 18.2 Å². The Hall–Kier alpha value is -0.870. The van der Waals surface area contributed by atoms with Gasteiger partial charge in [-0.3, -0.25) is 4.68 Å². The first-order chi connectivity index (χ1) is 9.61. The Labute approximate surface area is 122 Å². The lowest BCUT2D eigenvalue weighted by Crippen LogP contribution is -2.52. The topological polar surface area (TPSA) is 39.1 Å². The molecule has 1 fully saturated rings. The van der Waals surface area contributed by atoms with Crippen LogP contribution in [0, 0.1) is 6.92 Å². The molecule has 114 valence electrons. The summed E-state index contributed by atoms with van der Waals surface area (Å²) in [7, 11) is 3.91. The molecule has 1 atom stereocenters.